The minimum absolute atomic E-state index is 0.0657. The molecule has 0 spiro atoms. The molecule has 106 valence electrons. The number of para-hydroxylation sites is 1. The molecule has 0 saturated carbocycles. The smallest absolute Gasteiger partial charge is 0.322 e. The van der Waals surface area contributed by atoms with Crippen LogP contribution in [0.3, 0.4) is 0 Å². The Balaban J connectivity index is 2.49. The Bertz CT molecular complexity index is 395. The highest BCUT2D eigenvalue weighted by molar-refractivity contribution is 5.75. The normalized spacial score (nSPS) is 11.9. The minimum Gasteiger partial charge on any atom is -0.493 e. The number of esters is 1. The summed E-state index contributed by atoms with van der Waals surface area (Å²) in [4.78, 5) is 11.5. The monoisotopic (exact) mass is 267 g/mol. The Labute approximate surface area is 113 Å². The third-order valence-corrected chi connectivity index (χ3v) is 2.74. The number of aliphatic hydroxyl groups is 1. The molecule has 0 radical (unpaired) electrons. The van der Waals surface area contributed by atoms with Gasteiger partial charge in [0.2, 0.25) is 0 Å². The Hall–Kier alpha value is -1.59. The summed E-state index contributed by atoms with van der Waals surface area (Å²) < 4.78 is 10.3. The lowest BCUT2D eigenvalue weighted by molar-refractivity contribution is -0.143. The Morgan fingerprint density at radius 3 is 2.79 bits per heavy atom. The summed E-state index contributed by atoms with van der Waals surface area (Å²) in [6, 6.07) is 6.92. The molecule has 1 unspecified atom stereocenters. The van der Waals surface area contributed by atoms with Gasteiger partial charge >= 0.3 is 5.97 Å². The van der Waals surface area contributed by atoms with Gasteiger partial charge in [0.05, 0.1) is 20.3 Å². The number of benzene rings is 1. The third-order valence-electron chi connectivity index (χ3n) is 2.74. The number of hydrogen-bond donors (Lipinski definition) is 2. The lowest BCUT2D eigenvalue weighted by atomic mass is 10.2. The highest BCUT2D eigenvalue weighted by Crippen LogP contribution is 2.17. The van der Waals surface area contributed by atoms with Gasteiger partial charge in [-0.2, -0.15) is 0 Å². The van der Waals surface area contributed by atoms with Crippen LogP contribution < -0.4 is 10.1 Å². The lowest BCUT2D eigenvalue weighted by Crippen LogP contribution is -2.38. The number of hydrogen-bond acceptors (Lipinski definition) is 5. The largest absolute Gasteiger partial charge is 0.493 e. The maximum Gasteiger partial charge on any atom is 0.322 e. The number of aliphatic hydroxyl groups excluding tert-OH is 1. The van der Waals surface area contributed by atoms with Gasteiger partial charge in [-0.15, -0.1) is 0 Å². The molecule has 5 nitrogen and oxygen atoms in total. The number of nitrogens with one attached hydrogen (secondary N) is 1. The molecule has 1 atom stereocenters. The van der Waals surface area contributed by atoms with Crippen molar-refractivity contribution in [2.75, 3.05) is 20.3 Å². The summed E-state index contributed by atoms with van der Waals surface area (Å²) in [7, 11) is 1.37. The summed E-state index contributed by atoms with van der Waals surface area (Å²) >= 11 is 0. The maximum absolute atomic E-state index is 11.5. The molecule has 0 aliphatic carbocycles. The van der Waals surface area contributed by atoms with E-state index in [1.807, 2.05) is 19.1 Å². The van der Waals surface area contributed by atoms with Crippen LogP contribution in [0.5, 0.6) is 5.75 Å². The van der Waals surface area contributed by atoms with Gasteiger partial charge in [0.1, 0.15) is 11.8 Å². The number of rotatable bonds is 8. The van der Waals surface area contributed by atoms with Gasteiger partial charge in [0, 0.05) is 12.0 Å². The zero-order valence-corrected chi connectivity index (χ0v) is 11.4. The average Bonchev–Trinajstić information content (AvgIpc) is 2.46. The van der Waals surface area contributed by atoms with Crippen molar-refractivity contribution in [1.29, 1.82) is 0 Å². The summed E-state index contributed by atoms with van der Waals surface area (Å²) in [5.74, 6) is 0.353. The van der Waals surface area contributed by atoms with Crippen LogP contribution >= 0.6 is 0 Å². The van der Waals surface area contributed by atoms with E-state index in [2.05, 4.69) is 5.32 Å². The summed E-state index contributed by atoms with van der Waals surface area (Å²) in [5, 5.41) is 12.2. The molecule has 0 bridgehead atoms. The average molecular weight is 267 g/mol. The lowest BCUT2D eigenvalue weighted by Gasteiger charge is -2.16. The number of ether oxygens (including phenoxy) is 2. The second-order valence-electron chi connectivity index (χ2n) is 4.04. The van der Waals surface area contributed by atoms with Crippen molar-refractivity contribution in [3.63, 3.8) is 0 Å². The molecular formula is C14H21NO4. The van der Waals surface area contributed by atoms with Crippen LogP contribution in [0.4, 0.5) is 0 Å². The van der Waals surface area contributed by atoms with Gasteiger partial charge in [-0.1, -0.05) is 25.1 Å². The Morgan fingerprint density at radius 1 is 1.42 bits per heavy atom. The van der Waals surface area contributed by atoms with Crippen LogP contribution in [0.15, 0.2) is 24.3 Å². The van der Waals surface area contributed by atoms with Gasteiger partial charge in [-0.3, -0.25) is 4.79 Å². The van der Waals surface area contributed by atoms with E-state index in [1.54, 1.807) is 12.1 Å². The number of carbonyl (C=O) groups excluding carboxylic acids is 1. The molecule has 0 heterocycles. The zero-order valence-electron chi connectivity index (χ0n) is 11.4. The maximum atomic E-state index is 11.5. The first kappa shape index (κ1) is 15.5. The van der Waals surface area contributed by atoms with E-state index in [0.717, 1.165) is 5.56 Å². The summed E-state index contributed by atoms with van der Waals surface area (Å²) in [6.07, 6.45) is 0.514. The van der Waals surface area contributed by atoms with Crippen molar-refractivity contribution in [2.45, 2.75) is 26.0 Å². The molecule has 0 aliphatic heterocycles. The fraction of sp³-hybridized carbons (Fsp3) is 0.500. The van der Waals surface area contributed by atoms with Crippen LogP contribution in [0.2, 0.25) is 0 Å². The molecule has 1 aromatic carbocycles. The van der Waals surface area contributed by atoms with E-state index in [9.17, 15) is 9.90 Å². The van der Waals surface area contributed by atoms with E-state index in [1.165, 1.54) is 7.11 Å². The van der Waals surface area contributed by atoms with Gasteiger partial charge in [0.15, 0.2) is 0 Å². The number of carbonyl (C=O) groups is 1. The second-order valence-corrected chi connectivity index (χ2v) is 4.04. The SMILES string of the molecule is CCNC(CCOc1ccccc1CO)C(=O)OC. The molecule has 0 aliphatic rings. The number of likely N-dealkylation sites (N-methyl/N-ethyl adjacent to an activating group) is 1. The first-order valence-electron chi connectivity index (χ1n) is 6.35. The third kappa shape index (κ3) is 4.89. The molecule has 0 aromatic heterocycles. The van der Waals surface area contributed by atoms with E-state index in [-0.39, 0.29) is 18.6 Å². The topological polar surface area (TPSA) is 67.8 Å². The molecule has 19 heavy (non-hydrogen) atoms. The first-order valence-corrected chi connectivity index (χ1v) is 6.35. The van der Waals surface area contributed by atoms with Crippen LogP contribution in [0.25, 0.3) is 0 Å². The van der Waals surface area contributed by atoms with Gasteiger partial charge < -0.3 is 19.9 Å². The van der Waals surface area contributed by atoms with Crippen LogP contribution in [0.1, 0.15) is 18.9 Å². The molecule has 2 N–H and O–H groups in total. The van der Waals surface area contributed by atoms with Crippen molar-refractivity contribution in [1.82, 2.24) is 5.32 Å². The molecule has 1 aromatic rings. The van der Waals surface area contributed by atoms with Crippen molar-refractivity contribution >= 4 is 5.97 Å². The molecule has 5 heteroatoms. The minimum atomic E-state index is -0.365. The van der Waals surface area contributed by atoms with Crippen LogP contribution in [-0.2, 0) is 16.1 Å². The van der Waals surface area contributed by atoms with Crippen molar-refractivity contribution in [3.05, 3.63) is 29.8 Å². The molecular weight excluding hydrogens is 246 g/mol. The highest BCUT2D eigenvalue weighted by Gasteiger charge is 2.17. The first-order chi connectivity index (χ1) is 9.22. The molecule has 0 amide bonds. The van der Waals surface area contributed by atoms with E-state index < -0.39 is 0 Å². The Kier molecular flexibility index (Phi) is 6.92. The number of methoxy groups -OCH3 is 1. The van der Waals surface area contributed by atoms with E-state index in [4.69, 9.17) is 9.47 Å². The van der Waals surface area contributed by atoms with Crippen molar-refractivity contribution in [2.24, 2.45) is 0 Å². The molecule has 1 rings (SSSR count). The highest BCUT2D eigenvalue weighted by atomic mass is 16.5. The van der Waals surface area contributed by atoms with Gasteiger partial charge in [-0.05, 0) is 12.6 Å². The fourth-order valence-electron chi connectivity index (χ4n) is 1.75. The predicted molar refractivity (Wildman–Crippen MR) is 72.0 cm³/mol. The standard InChI is InChI=1S/C14H21NO4/c1-3-15-12(14(17)18-2)8-9-19-13-7-5-4-6-11(13)10-16/h4-7,12,15-16H,3,8-10H2,1-2H3. The van der Waals surface area contributed by atoms with Gasteiger partial charge in [0.25, 0.3) is 0 Å². The van der Waals surface area contributed by atoms with E-state index >= 15 is 0 Å². The van der Waals surface area contributed by atoms with Gasteiger partial charge in [-0.25, -0.2) is 0 Å². The molecule has 0 fully saturated rings. The predicted octanol–water partition coefficient (Wildman–Crippen LogP) is 1.10. The van der Waals surface area contributed by atoms with Crippen LogP contribution in [-0.4, -0.2) is 37.4 Å². The van der Waals surface area contributed by atoms with Crippen LogP contribution in [0, 0.1) is 0 Å². The van der Waals surface area contributed by atoms with Crippen molar-refractivity contribution in [3.8, 4) is 5.75 Å². The quantitative estimate of drug-likeness (QED) is 0.690. The molecule has 0 saturated heterocycles. The fourth-order valence-corrected chi connectivity index (χ4v) is 1.75. The Morgan fingerprint density at radius 2 is 2.16 bits per heavy atom. The second kappa shape index (κ2) is 8.50. The summed E-state index contributed by atoms with van der Waals surface area (Å²) in [5.41, 5.74) is 0.737. The zero-order chi connectivity index (χ0) is 14.1. The summed E-state index contributed by atoms with van der Waals surface area (Å²) in [6.45, 7) is 2.93. The van der Waals surface area contributed by atoms with E-state index in [0.29, 0.717) is 25.3 Å². The van der Waals surface area contributed by atoms with Crippen molar-refractivity contribution < 1.29 is 19.4 Å².